The van der Waals surface area contributed by atoms with Gasteiger partial charge in [-0.1, -0.05) is 26.2 Å². The number of hydrogen-bond acceptors (Lipinski definition) is 3. The molecule has 0 aromatic heterocycles. The average Bonchev–Trinajstić information content (AvgIpc) is 2.39. The molecule has 18 heavy (non-hydrogen) atoms. The van der Waals surface area contributed by atoms with Crippen LogP contribution in [-0.4, -0.2) is 30.5 Å². The largest absolute Gasteiger partial charge is 0.375 e. The van der Waals surface area contributed by atoms with E-state index in [1.54, 1.807) is 0 Å². The summed E-state index contributed by atoms with van der Waals surface area (Å²) in [4.78, 5) is 0. The first-order chi connectivity index (χ1) is 8.61. The van der Waals surface area contributed by atoms with Gasteiger partial charge in [0.05, 0.1) is 17.3 Å². The molecule has 2 rings (SSSR count). The predicted molar refractivity (Wildman–Crippen MR) is 73.6 cm³/mol. The van der Waals surface area contributed by atoms with Crippen LogP contribution < -0.4 is 5.73 Å². The smallest absolute Gasteiger partial charge is 0.0777 e. The third-order valence-corrected chi connectivity index (χ3v) is 4.84. The van der Waals surface area contributed by atoms with Gasteiger partial charge in [0, 0.05) is 19.6 Å². The monoisotopic (exact) mass is 255 g/mol. The molecule has 106 valence electrons. The second kappa shape index (κ2) is 5.89. The zero-order valence-corrected chi connectivity index (χ0v) is 12.0. The zero-order chi connectivity index (χ0) is 13.1. The molecule has 2 fully saturated rings. The Hall–Kier alpha value is -0.120. The van der Waals surface area contributed by atoms with Gasteiger partial charge in [-0.25, -0.2) is 0 Å². The fourth-order valence-electron chi connectivity index (χ4n) is 3.31. The standard InChI is InChI=1S/C15H29NO2/c1-3-14(2,12-16)18-13-7-10-17-15(11-13)8-5-4-6-9-15/h13H,3-12,16H2,1-2H3. The van der Waals surface area contributed by atoms with Gasteiger partial charge in [-0.2, -0.15) is 0 Å². The molecule has 1 heterocycles. The van der Waals surface area contributed by atoms with Crippen LogP contribution in [0.1, 0.15) is 65.2 Å². The molecule has 2 N–H and O–H groups in total. The highest BCUT2D eigenvalue weighted by molar-refractivity contribution is 4.91. The average molecular weight is 255 g/mol. The van der Waals surface area contributed by atoms with E-state index in [0.29, 0.717) is 12.6 Å². The van der Waals surface area contributed by atoms with E-state index in [4.69, 9.17) is 15.2 Å². The fourth-order valence-corrected chi connectivity index (χ4v) is 3.31. The summed E-state index contributed by atoms with van der Waals surface area (Å²) < 4.78 is 12.4. The van der Waals surface area contributed by atoms with Crippen molar-refractivity contribution in [3.8, 4) is 0 Å². The molecule has 1 saturated carbocycles. The summed E-state index contributed by atoms with van der Waals surface area (Å²) in [6.07, 6.45) is 9.85. The van der Waals surface area contributed by atoms with E-state index in [2.05, 4.69) is 13.8 Å². The van der Waals surface area contributed by atoms with Crippen LogP contribution in [0.3, 0.4) is 0 Å². The summed E-state index contributed by atoms with van der Waals surface area (Å²) in [6, 6.07) is 0. The van der Waals surface area contributed by atoms with E-state index in [0.717, 1.165) is 25.9 Å². The van der Waals surface area contributed by atoms with Gasteiger partial charge in [0.25, 0.3) is 0 Å². The fraction of sp³-hybridized carbons (Fsp3) is 1.00. The molecule has 2 unspecified atom stereocenters. The third kappa shape index (κ3) is 3.25. The molecule has 0 aromatic carbocycles. The molecule has 0 amide bonds. The Morgan fingerprint density at radius 1 is 1.33 bits per heavy atom. The van der Waals surface area contributed by atoms with Gasteiger partial charge in [-0.05, 0) is 32.6 Å². The maximum atomic E-state index is 6.30. The van der Waals surface area contributed by atoms with E-state index in [-0.39, 0.29) is 11.2 Å². The zero-order valence-electron chi connectivity index (χ0n) is 12.0. The molecule has 0 aromatic rings. The lowest BCUT2D eigenvalue weighted by atomic mass is 9.79. The van der Waals surface area contributed by atoms with Crippen molar-refractivity contribution in [3.05, 3.63) is 0 Å². The normalized spacial score (nSPS) is 31.2. The van der Waals surface area contributed by atoms with Crippen LogP contribution in [0.5, 0.6) is 0 Å². The number of nitrogens with two attached hydrogens (primary N) is 1. The highest BCUT2D eigenvalue weighted by atomic mass is 16.5. The van der Waals surface area contributed by atoms with Gasteiger partial charge in [0.15, 0.2) is 0 Å². The lowest BCUT2D eigenvalue weighted by Crippen LogP contribution is -2.48. The number of rotatable bonds is 4. The first-order valence-electron chi connectivity index (χ1n) is 7.63. The van der Waals surface area contributed by atoms with Crippen molar-refractivity contribution in [3.63, 3.8) is 0 Å². The molecular formula is C15H29NO2. The van der Waals surface area contributed by atoms with Crippen LogP contribution in [0.15, 0.2) is 0 Å². The quantitative estimate of drug-likeness (QED) is 0.840. The van der Waals surface area contributed by atoms with E-state index >= 15 is 0 Å². The maximum Gasteiger partial charge on any atom is 0.0777 e. The number of hydrogen-bond donors (Lipinski definition) is 1. The van der Waals surface area contributed by atoms with Crippen molar-refractivity contribution in [1.29, 1.82) is 0 Å². The molecule has 2 atom stereocenters. The first kappa shape index (κ1) is 14.3. The second-order valence-electron chi connectivity index (χ2n) is 6.33. The van der Waals surface area contributed by atoms with Crippen molar-refractivity contribution in [1.82, 2.24) is 0 Å². The highest BCUT2D eigenvalue weighted by Gasteiger charge is 2.40. The Bertz CT molecular complexity index is 252. The maximum absolute atomic E-state index is 6.30. The van der Waals surface area contributed by atoms with Crippen molar-refractivity contribution in [2.45, 2.75) is 82.5 Å². The molecule has 0 radical (unpaired) electrons. The summed E-state index contributed by atoms with van der Waals surface area (Å²) in [7, 11) is 0. The van der Waals surface area contributed by atoms with Crippen LogP contribution in [-0.2, 0) is 9.47 Å². The van der Waals surface area contributed by atoms with Gasteiger partial charge in [-0.3, -0.25) is 0 Å². The van der Waals surface area contributed by atoms with Crippen LogP contribution >= 0.6 is 0 Å². The Labute approximate surface area is 111 Å². The van der Waals surface area contributed by atoms with Crippen molar-refractivity contribution in [2.75, 3.05) is 13.2 Å². The van der Waals surface area contributed by atoms with Crippen LogP contribution in [0, 0.1) is 0 Å². The highest BCUT2D eigenvalue weighted by Crippen LogP contribution is 2.40. The van der Waals surface area contributed by atoms with E-state index in [9.17, 15) is 0 Å². The van der Waals surface area contributed by atoms with Gasteiger partial charge in [-0.15, -0.1) is 0 Å². The summed E-state index contributed by atoms with van der Waals surface area (Å²) in [5.41, 5.74) is 5.82. The van der Waals surface area contributed by atoms with E-state index < -0.39 is 0 Å². The first-order valence-corrected chi connectivity index (χ1v) is 7.63. The Balaban J connectivity index is 1.94. The summed E-state index contributed by atoms with van der Waals surface area (Å²) in [6.45, 7) is 5.75. The summed E-state index contributed by atoms with van der Waals surface area (Å²) in [5.74, 6) is 0. The molecule has 1 aliphatic heterocycles. The summed E-state index contributed by atoms with van der Waals surface area (Å²) in [5, 5.41) is 0. The minimum absolute atomic E-state index is 0.129. The molecule has 0 bridgehead atoms. The van der Waals surface area contributed by atoms with E-state index in [1.807, 2.05) is 0 Å². The van der Waals surface area contributed by atoms with Gasteiger partial charge in [0.2, 0.25) is 0 Å². The Morgan fingerprint density at radius 3 is 2.67 bits per heavy atom. The lowest BCUT2D eigenvalue weighted by molar-refractivity contribution is -0.178. The van der Waals surface area contributed by atoms with Crippen molar-refractivity contribution < 1.29 is 9.47 Å². The molecule has 3 heteroatoms. The molecule has 1 saturated heterocycles. The predicted octanol–water partition coefficient (Wildman–Crippen LogP) is 3.01. The Kier molecular flexibility index (Phi) is 4.68. The van der Waals surface area contributed by atoms with Gasteiger partial charge >= 0.3 is 0 Å². The van der Waals surface area contributed by atoms with Crippen molar-refractivity contribution in [2.24, 2.45) is 5.73 Å². The third-order valence-electron chi connectivity index (χ3n) is 4.84. The van der Waals surface area contributed by atoms with Crippen LogP contribution in [0.4, 0.5) is 0 Å². The molecular weight excluding hydrogens is 226 g/mol. The molecule has 1 spiro atoms. The SMILES string of the molecule is CCC(C)(CN)OC1CCOC2(CCCCC2)C1. The molecule has 1 aliphatic carbocycles. The Morgan fingerprint density at radius 2 is 2.06 bits per heavy atom. The minimum Gasteiger partial charge on any atom is -0.375 e. The minimum atomic E-state index is -0.155. The van der Waals surface area contributed by atoms with Gasteiger partial charge < -0.3 is 15.2 Å². The summed E-state index contributed by atoms with van der Waals surface area (Å²) >= 11 is 0. The van der Waals surface area contributed by atoms with E-state index in [1.165, 1.54) is 32.1 Å². The lowest BCUT2D eigenvalue weighted by Gasteiger charge is -2.45. The molecule has 2 aliphatic rings. The van der Waals surface area contributed by atoms with Crippen molar-refractivity contribution >= 4 is 0 Å². The topological polar surface area (TPSA) is 44.5 Å². The second-order valence-corrected chi connectivity index (χ2v) is 6.33. The van der Waals surface area contributed by atoms with Crippen LogP contribution in [0.25, 0.3) is 0 Å². The van der Waals surface area contributed by atoms with Gasteiger partial charge in [0.1, 0.15) is 0 Å². The number of ether oxygens (including phenoxy) is 2. The molecule has 3 nitrogen and oxygen atoms in total. The van der Waals surface area contributed by atoms with Crippen LogP contribution in [0.2, 0.25) is 0 Å².